The Kier molecular flexibility index (Phi) is 12.0. The molecule has 0 fully saturated rings. The topological polar surface area (TPSA) is 54.9 Å². The van der Waals surface area contributed by atoms with E-state index < -0.39 is 0 Å². The maximum Gasteiger partial charge on any atom is 0.191 e. The molecular weight excluding hydrogens is 417 g/mol. The van der Waals surface area contributed by atoms with Crippen LogP contribution in [-0.2, 0) is 22.6 Å². The van der Waals surface area contributed by atoms with Crippen LogP contribution in [0.15, 0.2) is 29.3 Å². The zero-order valence-corrected chi connectivity index (χ0v) is 17.8. The molecule has 0 bridgehead atoms. The van der Waals surface area contributed by atoms with E-state index in [1.165, 1.54) is 11.1 Å². The predicted octanol–water partition coefficient (Wildman–Crippen LogP) is 3.32. The van der Waals surface area contributed by atoms with Crippen LogP contribution < -0.4 is 10.6 Å². The first-order chi connectivity index (χ1) is 10.9. The molecule has 5 nitrogen and oxygen atoms in total. The van der Waals surface area contributed by atoms with E-state index in [9.17, 15) is 0 Å². The van der Waals surface area contributed by atoms with Gasteiger partial charge < -0.3 is 20.1 Å². The molecule has 1 aromatic carbocycles. The molecule has 0 aliphatic heterocycles. The lowest BCUT2D eigenvalue weighted by molar-refractivity contribution is -0.0149. The predicted molar refractivity (Wildman–Crippen MR) is 111 cm³/mol. The number of rotatable bonds is 8. The maximum absolute atomic E-state index is 5.82. The number of ether oxygens (including phenoxy) is 2. The van der Waals surface area contributed by atoms with E-state index in [2.05, 4.69) is 60.7 Å². The number of nitrogens with zero attached hydrogens (tertiary/aromatic N) is 1. The van der Waals surface area contributed by atoms with E-state index >= 15 is 0 Å². The molecule has 0 aromatic heterocycles. The van der Waals surface area contributed by atoms with Crippen LogP contribution in [0.2, 0.25) is 0 Å². The Hall–Kier alpha value is -0.860. The van der Waals surface area contributed by atoms with Crippen LogP contribution in [0.25, 0.3) is 0 Å². The molecule has 0 saturated carbocycles. The van der Waals surface area contributed by atoms with Crippen LogP contribution in [0.4, 0.5) is 0 Å². The van der Waals surface area contributed by atoms with Gasteiger partial charge >= 0.3 is 0 Å². The molecule has 2 N–H and O–H groups in total. The molecule has 24 heavy (non-hydrogen) atoms. The fourth-order valence-corrected chi connectivity index (χ4v) is 1.92. The van der Waals surface area contributed by atoms with Gasteiger partial charge in [0.15, 0.2) is 5.96 Å². The zero-order chi connectivity index (χ0) is 17.1. The van der Waals surface area contributed by atoms with Gasteiger partial charge in [0, 0.05) is 26.7 Å². The molecule has 1 rings (SSSR count). The molecule has 1 aromatic rings. The lowest BCUT2D eigenvalue weighted by atomic mass is 10.1. The second-order valence-electron chi connectivity index (χ2n) is 6.27. The largest absolute Gasteiger partial charge is 0.380 e. The van der Waals surface area contributed by atoms with Gasteiger partial charge in [0.05, 0.1) is 18.8 Å². The third-order valence-corrected chi connectivity index (χ3v) is 3.09. The summed E-state index contributed by atoms with van der Waals surface area (Å²) in [7, 11) is 1.77. The van der Waals surface area contributed by atoms with Crippen LogP contribution in [0, 0.1) is 0 Å². The highest BCUT2D eigenvalue weighted by molar-refractivity contribution is 14.0. The van der Waals surface area contributed by atoms with Gasteiger partial charge in [-0.15, -0.1) is 24.0 Å². The van der Waals surface area contributed by atoms with Crippen molar-refractivity contribution in [3.63, 3.8) is 0 Å². The minimum atomic E-state index is -0.124. The smallest absolute Gasteiger partial charge is 0.191 e. The van der Waals surface area contributed by atoms with Gasteiger partial charge in [-0.3, -0.25) is 4.99 Å². The number of halogens is 1. The van der Waals surface area contributed by atoms with E-state index in [-0.39, 0.29) is 29.6 Å². The van der Waals surface area contributed by atoms with Crippen molar-refractivity contribution in [2.24, 2.45) is 4.99 Å². The van der Waals surface area contributed by atoms with Crippen molar-refractivity contribution in [1.29, 1.82) is 0 Å². The molecule has 138 valence electrons. The highest BCUT2D eigenvalue weighted by atomic mass is 127. The third kappa shape index (κ3) is 10.8. The Bertz CT molecular complexity index is 487. The highest BCUT2D eigenvalue weighted by Crippen LogP contribution is 2.13. The van der Waals surface area contributed by atoms with Crippen LogP contribution in [0.1, 0.15) is 38.8 Å². The highest BCUT2D eigenvalue weighted by Gasteiger charge is 2.10. The van der Waals surface area contributed by atoms with Crippen LogP contribution in [-0.4, -0.2) is 38.4 Å². The van der Waals surface area contributed by atoms with Gasteiger partial charge in [-0.2, -0.15) is 0 Å². The Morgan fingerprint density at radius 1 is 1.17 bits per heavy atom. The molecule has 0 amide bonds. The summed E-state index contributed by atoms with van der Waals surface area (Å²) in [5.41, 5.74) is 2.26. The van der Waals surface area contributed by atoms with Crippen molar-refractivity contribution < 1.29 is 9.47 Å². The first-order valence-electron chi connectivity index (χ1n) is 8.18. The number of guanidine groups is 1. The molecule has 0 radical (unpaired) electrons. The number of benzene rings is 1. The van der Waals surface area contributed by atoms with Crippen molar-refractivity contribution in [3.8, 4) is 0 Å². The fourth-order valence-electron chi connectivity index (χ4n) is 1.92. The van der Waals surface area contributed by atoms with E-state index in [1.54, 1.807) is 7.05 Å². The van der Waals surface area contributed by atoms with Gasteiger partial charge in [-0.05, 0) is 38.8 Å². The molecule has 0 saturated heterocycles. The first kappa shape index (κ1) is 23.1. The lowest BCUT2D eigenvalue weighted by Gasteiger charge is -2.19. The lowest BCUT2D eigenvalue weighted by Crippen LogP contribution is -2.38. The average molecular weight is 449 g/mol. The van der Waals surface area contributed by atoms with Gasteiger partial charge in [-0.1, -0.05) is 24.3 Å². The molecule has 0 unspecified atom stereocenters. The third-order valence-electron chi connectivity index (χ3n) is 3.09. The number of nitrogens with one attached hydrogen (secondary N) is 2. The summed E-state index contributed by atoms with van der Waals surface area (Å²) in [4.78, 5) is 4.21. The summed E-state index contributed by atoms with van der Waals surface area (Å²) in [5, 5.41) is 6.53. The Morgan fingerprint density at radius 3 is 2.50 bits per heavy atom. The number of aliphatic imine (C=N–C) groups is 1. The summed E-state index contributed by atoms with van der Waals surface area (Å²) < 4.78 is 11.1. The Balaban J connectivity index is 0.00000529. The molecule has 6 heteroatoms. The Morgan fingerprint density at radius 2 is 1.88 bits per heavy atom. The van der Waals surface area contributed by atoms with Crippen molar-refractivity contribution in [2.45, 2.75) is 46.4 Å². The normalized spacial score (nSPS) is 11.8. The van der Waals surface area contributed by atoms with Crippen molar-refractivity contribution in [1.82, 2.24) is 10.6 Å². The van der Waals surface area contributed by atoms with Crippen LogP contribution in [0.3, 0.4) is 0 Å². The monoisotopic (exact) mass is 449 g/mol. The van der Waals surface area contributed by atoms with Crippen molar-refractivity contribution >= 4 is 29.9 Å². The second kappa shape index (κ2) is 12.5. The van der Waals surface area contributed by atoms with Gasteiger partial charge in [0.1, 0.15) is 0 Å². The molecular formula is C18H32IN3O2. The zero-order valence-electron chi connectivity index (χ0n) is 15.5. The first-order valence-corrected chi connectivity index (χ1v) is 8.18. The molecule has 0 atom stereocenters. The van der Waals surface area contributed by atoms with E-state index in [1.807, 2.05) is 6.92 Å². The second-order valence-corrected chi connectivity index (χ2v) is 6.27. The standard InChI is InChI=1S/C18H31N3O2.HI/c1-6-22-11-10-20-17(19-5)21-13-15-8-7-9-16(12-15)14-23-18(2,3)4;/h7-9,12H,6,10-11,13-14H2,1-5H3,(H2,19,20,21);1H. The quantitative estimate of drug-likeness (QED) is 0.277. The maximum atomic E-state index is 5.82. The molecule has 0 spiro atoms. The van der Waals surface area contributed by atoms with Crippen LogP contribution >= 0.6 is 24.0 Å². The van der Waals surface area contributed by atoms with E-state index in [4.69, 9.17) is 9.47 Å². The van der Waals surface area contributed by atoms with Gasteiger partial charge in [-0.25, -0.2) is 0 Å². The molecule has 0 aliphatic carbocycles. The summed E-state index contributed by atoms with van der Waals surface area (Å²) in [6.07, 6.45) is 0. The average Bonchev–Trinajstić information content (AvgIpc) is 2.52. The summed E-state index contributed by atoms with van der Waals surface area (Å²) >= 11 is 0. The van der Waals surface area contributed by atoms with Crippen molar-refractivity contribution in [3.05, 3.63) is 35.4 Å². The van der Waals surface area contributed by atoms with Crippen molar-refractivity contribution in [2.75, 3.05) is 26.8 Å². The van der Waals surface area contributed by atoms with Gasteiger partial charge in [0.2, 0.25) is 0 Å². The number of hydrogen-bond acceptors (Lipinski definition) is 3. The van der Waals surface area contributed by atoms with E-state index in [0.29, 0.717) is 13.2 Å². The minimum Gasteiger partial charge on any atom is -0.380 e. The van der Waals surface area contributed by atoms with Crippen LogP contribution in [0.5, 0.6) is 0 Å². The van der Waals surface area contributed by atoms with Gasteiger partial charge in [0.25, 0.3) is 0 Å². The summed E-state index contributed by atoms with van der Waals surface area (Å²) in [5.74, 6) is 0.779. The SMILES string of the molecule is CCOCCNC(=NC)NCc1cccc(COC(C)(C)C)c1.I. The summed E-state index contributed by atoms with van der Waals surface area (Å²) in [6, 6.07) is 8.40. The van der Waals surface area contributed by atoms with E-state index in [0.717, 1.165) is 25.7 Å². The fraction of sp³-hybridized carbons (Fsp3) is 0.611. The number of hydrogen-bond donors (Lipinski definition) is 2. The molecule has 0 heterocycles. The summed E-state index contributed by atoms with van der Waals surface area (Å²) in [6.45, 7) is 11.7. The Labute approximate surface area is 163 Å². The molecule has 0 aliphatic rings. The minimum absolute atomic E-state index is 0.